The quantitative estimate of drug-likeness (QED) is 0.732. The average Bonchev–Trinajstić information content (AvgIpc) is 2.30. The lowest BCUT2D eigenvalue weighted by molar-refractivity contribution is -0.125. The van der Waals surface area contributed by atoms with Gasteiger partial charge in [-0.2, -0.15) is 0 Å². The van der Waals surface area contributed by atoms with Crippen molar-refractivity contribution in [2.24, 2.45) is 0 Å². The van der Waals surface area contributed by atoms with E-state index in [9.17, 15) is 4.79 Å². The molecule has 0 aliphatic carbocycles. The van der Waals surface area contributed by atoms with E-state index in [1.54, 1.807) is 0 Å². The van der Waals surface area contributed by atoms with Crippen LogP contribution in [0, 0.1) is 0 Å². The van der Waals surface area contributed by atoms with E-state index in [-0.39, 0.29) is 18.1 Å². The normalized spacial score (nSPS) is 35.7. The number of ether oxygens (including phenoxy) is 1. The average molecular weight is 226 g/mol. The zero-order valence-electron chi connectivity index (χ0n) is 10.00. The van der Waals surface area contributed by atoms with Crippen LogP contribution in [0.15, 0.2) is 0 Å². The Morgan fingerprint density at radius 1 is 1.38 bits per heavy atom. The Labute approximate surface area is 97.1 Å². The molecular formula is C12H22N2O2. The Bertz CT molecular complexity index is 239. The van der Waals surface area contributed by atoms with Crippen LogP contribution < -0.4 is 10.6 Å². The van der Waals surface area contributed by atoms with E-state index in [0.29, 0.717) is 6.04 Å². The zero-order valence-corrected chi connectivity index (χ0v) is 10.00. The third-order valence-electron chi connectivity index (χ3n) is 3.46. The van der Waals surface area contributed by atoms with Gasteiger partial charge in [0, 0.05) is 12.6 Å². The van der Waals surface area contributed by atoms with E-state index in [2.05, 4.69) is 17.6 Å². The van der Waals surface area contributed by atoms with Gasteiger partial charge in [0.1, 0.15) is 0 Å². The van der Waals surface area contributed by atoms with Crippen LogP contribution in [-0.4, -0.2) is 37.2 Å². The molecule has 4 nitrogen and oxygen atoms in total. The SMILES string of the molecule is CC1CC(NC(=O)C2CCCCN2)CCO1. The van der Waals surface area contributed by atoms with Crippen molar-refractivity contribution in [3.8, 4) is 0 Å². The third-order valence-corrected chi connectivity index (χ3v) is 3.46. The van der Waals surface area contributed by atoms with Crippen LogP contribution in [0.4, 0.5) is 0 Å². The number of piperidine rings is 1. The van der Waals surface area contributed by atoms with Crippen LogP contribution in [0.5, 0.6) is 0 Å². The topological polar surface area (TPSA) is 50.4 Å². The Morgan fingerprint density at radius 2 is 2.25 bits per heavy atom. The van der Waals surface area contributed by atoms with Crippen molar-refractivity contribution in [2.75, 3.05) is 13.2 Å². The highest BCUT2D eigenvalue weighted by Crippen LogP contribution is 2.14. The van der Waals surface area contributed by atoms with E-state index in [4.69, 9.17) is 4.74 Å². The summed E-state index contributed by atoms with van der Waals surface area (Å²) in [5, 5.41) is 6.41. The molecule has 2 aliphatic heterocycles. The van der Waals surface area contributed by atoms with Crippen LogP contribution in [0.25, 0.3) is 0 Å². The molecule has 0 spiro atoms. The molecule has 92 valence electrons. The van der Waals surface area contributed by atoms with Crippen molar-refractivity contribution >= 4 is 5.91 Å². The monoisotopic (exact) mass is 226 g/mol. The Morgan fingerprint density at radius 3 is 2.94 bits per heavy atom. The summed E-state index contributed by atoms with van der Waals surface area (Å²) in [5.41, 5.74) is 0. The number of hydrogen-bond acceptors (Lipinski definition) is 3. The summed E-state index contributed by atoms with van der Waals surface area (Å²) in [6, 6.07) is 0.340. The molecule has 0 aromatic heterocycles. The molecule has 0 aromatic rings. The molecule has 2 N–H and O–H groups in total. The second-order valence-corrected chi connectivity index (χ2v) is 4.91. The summed E-state index contributed by atoms with van der Waals surface area (Å²) in [6.07, 6.45) is 5.50. The van der Waals surface area contributed by atoms with Gasteiger partial charge in [0.05, 0.1) is 12.1 Å². The minimum Gasteiger partial charge on any atom is -0.378 e. The molecular weight excluding hydrogens is 204 g/mol. The summed E-state index contributed by atoms with van der Waals surface area (Å²) in [5.74, 6) is 0.179. The smallest absolute Gasteiger partial charge is 0.237 e. The number of carbonyl (C=O) groups is 1. The number of nitrogens with one attached hydrogen (secondary N) is 2. The van der Waals surface area contributed by atoms with Crippen LogP contribution in [0.1, 0.15) is 39.0 Å². The summed E-state index contributed by atoms with van der Waals surface area (Å²) in [4.78, 5) is 12.0. The molecule has 3 atom stereocenters. The van der Waals surface area contributed by atoms with Gasteiger partial charge >= 0.3 is 0 Å². The van der Waals surface area contributed by atoms with Gasteiger partial charge in [-0.15, -0.1) is 0 Å². The lowest BCUT2D eigenvalue weighted by Gasteiger charge is -2.30. The summed E-state index contributed by atoms with van der Waals surface area (Å²) >= 11 is 0. The van der Waals surface area contributed by atoms with Crippen LogP contribution in [0.3, 0.4) is 0 Å². The Kier molecular flexibility index (Phi) is 4.18. The first-order chi connectivity index (χ1) is 7.75. The number of hydrogen-bond donors (Lipinski definition) is 2. The van der Waals surface area contributed by atoms with Crippen molar-refractivity contribution in [1.29, 1.82) is 0 Å². The molecule has 0 saturated carbocycles. The maximum atomic E-state index is 12.0. The summed E-state index contributed by atoms with van der Waals surface area (Å²) in [6.45, 7) is 3.81. The fraction of sp³-hybridized carbons (Fsp3) is 0.917. The molecule has 4 heteroatoms. The van der Waals surface area contributed by atoms with Gasteiger partial charge in [-0.25, -0.2) is 0 Å². The minimum absolute atomic E-state index is 0.0342. The van der Waals surface area contributed by atoms with E-state index >= 15 is 0 Å². The van der Waals surface area contributed by atoms with Crippen molar-refractivity contribution in [3.05, 3.63) is 0 Å². The van der Waals surface area contributed by atoms with Gasteiger partial charge in [-0.3, -0.25) is 4.79 Å². The molecule has 16 heavy (non-hydrogen) atoms. The largest absolute Gasteiger partial charge is 0.378 e. The first kappa shape index (κ1) is 11.9. The van der Waals surface area contributed by atoms with E-state index in [0.717, 1.165) is 38.8 Å². The standard InChI is InChI=1S/C12H22N2O2/c1-9-8-10(5-7-16-9)14-12(15)11-4-2-3-6-13-11/h9-11,13H,2-8H2,1H3,(H,14,15). The second kappa shape index (κ2) is 5.64. The van der Waals surface area contributed by atoms with E-state index < -0.39 is 0 Å². The number of rotatable bonds is 2. The summed E-state index contributed by atoms with van der Waals surface area (Å²) < 4.78 is 5.47. The van der Waals surface area contributed by atoms with Gasteiger partial charge < -0.3 is 15.4 Å². The van der Waals surface area contributed by atoms with Gasteiger partial charge in [-0.05, 0) is 39.2 Å². The highest BCUT2D eigenvalue weighted by Gasteiger charge is 2.25. The molecule has 2 aliphatic rings. The fourth-order valence-electron chi connectivity index (χ4n) is 2.51. The molecule has 0 radical (unpaired) electrons. The highest BCUT2D eigenvalue weighted by atomic mass is 16.5. The Balaban J connectivity index is 1.77. The van der Waals surface area contributed by atoms with Gasteiger partial charge in [0.2, 0.25) is 5.91 Å². The predicted molar refractivity (Wildman–Crippen MR) is 62.2 cm³/mol. The first-order valence-corrected chi connectivity index (χ1v) is 6.41. The lowest BCUT2D eigenvalue weighted by Crippen LogP contribution is -2.51. The number of carbonyl (C=O) groups excluding carboxylic acids is 1. The third kappa shape index (κ3) is 3.19. The second-order valence-electron chi connectivity index (χ2n) is 4.91. The number of amides is 1. The molecule has 2 rings (SSSR count). The predicted octanol–water partition coefficient (Wildman–Crippen LogP) is 0.812. The maximum Gasteiger partial charge on any atom is 0.237 e. The first-order valence-electron chi connectivity index (χ1n) is 6.41. The van der Waals surface area contributed by atoms with Gasteiger partial charge in [0.25, 0.3) is 0 Å². The molecule has 0 aromatic carbocycles. The molecule has 3 unspecified atom stereocenters. The van der Waals surface area contributed by atoms with Crippen molar-refractivity contribution < 1.29 is 9.53 Å². The minimum atomic E-state index is 0.0342. The molecule has 1 amide bonds. The summed E-state index contributed by atoms with van der Waals surface area (Å²) in [7, 11) is 0. The van der Waals surface area contributed by atoms with E-state index in [1.165, 1.54) is 6.42 Å². The van der Waals surface area contributed by atoms with Crippen molar-refractivity contribution in [3.63, 3.8) is 0 Å². The zero-order chi connectivity index (χ0) is 11.4. The van der Waals surface area contributed by atoms with Crippen molar-refractivity contribution in [2.45, 2.75) is 57.2 Å². The highest BCUT2D eigenvalue weighted by molar-refractivity contribution is 5.82. The Hall–Kier alpha value is -0.610. The fourth-order valence-corrected chi connectivity index (χ4v) is 2.51. The molecule has 2 saturated heterocycles. The van der Waals surface area contributed by atoms with Gasteiger partial charge in [-0.1, -0.05) is 6.42 Å². The van der Waals surface area contributed by atoms with Crippen LogP contribution in [-0.2, 0) is 9.53 Å². The van der Waals surface area contributed by atoms with Gasteiger partial charge in [0.15, 0.2) is 0 Å². The maximum absolute atomic E-state index is 12.0. The molecule has 2 heterocycles. The molecule has 0 bridgehead atoms. The van der Waals surface area contributed by atoms with E-state index in [1.807, 2.05) is 0 Å². The molecule has 2 fully saturated rings. The van der Waals surface area contributed by atoms with Crippen LogP contribution >= 0.6 is 0 Å². The van der Waals surface area contributed by atoms with Crippen LogP contribution in [0.2, 0.25) is 0 Å². The van der Waals surface area contributed by atoms with Crippen molar-refractivity contribution in [1.82, 2.24) is 10.6 Å². The lowest BCUT2D eigenvalue weighted by atomic mass is 10.0.